The molecule has 9 heterocycles. The molecule has 8 aromatic rings. The Morgan fingerprint density at radius 1 is 0.729 bits per heavy atom. The van der Waals surface area contributed by atoms with Crippen LogP contribution in [0.3, 0.4) is 0 Å². The number of rotatable bonds is 10. The van der Waals surface area contributed by atoms with Crippen LogP contribution in [-0.4, -0.2) is 50.1 Å². The molecule has 10 rings (SSSR count). The van der Waals surface area contributed by atoms with Crippen molar-refractivity contribution < 1.29 is 0 Å². The van der Waals surface area contributed by atoms with E-state index in [1.165, 1.54) is 11.1 Å². The Labute approximate surface area is 344 Å². The van der Waals surface area contributed by atoms with E-state index in [2.05, 4.69) is 117 Å². The van der Waals surface area contributed by atoms with Crippen LogP contribution >= 0.6 is 0 Å². The number of fused-ring (bicyclic) bond motifs is 3. The highest BCUT2D eigenvalue weighted by Gasteiger charge is 2.35. The summed E-state index contributed by atoms with van der Waals surface area (Å²) >= 11 is 0. The van der Waals surface area contributed by atoms with Crippen molar-refractivity contribution in [1.82, 2.24) is 48.9 Å². The first-order valence-corrected chi connectivity index (χ1v) is 21.2. The lowest BCUT2D eigenvalue weighted by Crippen LogP contribution is -2.38. The summed E-state index contributed by atoms with van der Waals surface area (Å²) in [6.07, 6.45) is 18.5. The van der Waals surface area contributed by atoms with E-state index in [4.69, 9.17) is 24.9 Å². The number of imidazole rings is 3. The predicted molar refractivity (Wildman–Crippen MR) is 230 cm³/mol. The van der Waals surface area contributed by atoms with Crippen molar-refractivity contribution in [3.05, 3.63) is 149 Å². The molecule has 0 bridgehead atoms. The average molecular weight is 780 g/mol. The second-order valence-corrected chi connectivity index (χ2v) is 16.4. The zero-order valence-corrected chi connectivity index (χ0v) is 33.7. The summed E-state index contributed by atoms with van der Waals surface area (Å²) in [6.45, 7) is 5.14. The standard InChI is InChI=1S/C48H49N11/c1-31-10-8-23-50-46(31)36-12-5-13-37(52-36)48-42(16-7-22-49)59-26-20-34(29-45(59)56-48)33-18-19-35-38(28-33)54-43(53-35)21-27-58-40(39-30-57-25-4-3-17-44(57)55-39)14-6-15-41(58)47-32(2)11-9-24-51-47/h3-4,8-11,17-20,23-26,28-30,36-37,40-41,52H,5-7,12-16,21,27H2,1-2H3,(H,53,54)/t36-,37+,40+,41-/m0/s1. The van der Waals surface area contributed by atoms with Crippen LogP contribution in [0.1, 0.15) is 115 Å². The molecule has 2 N–H and O–H groups in total. The molecule has 0 aliphatic carbocycles. The lowest BCUT2D eigenvalue weighted by atomic mass is 9.90. The minimum Gasteiger partial charge on any atom is -0.342 e. The summed E-state index contributed by atoms with van der Waals surface area (Å²) in [5.41, 5.74) is 14.0. The molecule has 0 radical (unpaired) electrons. The van der Waals surface area contributed by atoms with Crippen molar-refractivity contribution in [2.45, 2.75) is 95.8 Å². The molecule has 2 aliphatic heterocycles. The number of benzene rings is 1. The van der Waals surface area contributed by atoms with E-state index >= 15 is 0 Å². The summed E-state index contributed by atoms with van der Waals surface area (Å²) in [6, 6.07) is 28.4. The van der Waals surface area contributed by atoms with Gasteiger partial charge < -0.3 is 19.1 Å². The maximum Gasteiger partial charge on any atom is 0.137 e. The third kappa shape index (κ3) is 7.17. The first-order chi connectivity index (χ1) is 29.0. The van der Waals surface area contributed by atoms with Gasteiger partial charge in [0, 0.05) is 62.5 Å². The molecule has 2 fully saturated rings. The number of pyridine rings is 4. The number of nitrogens with zero attached hydrogens (tertiary/aromatic N) is 9. The molecule has 7 aromatic heterocycles. The molecule has 0 unspecified atom stereocenters. The van der Waals surface area contributed by atoms with Gasteiger partial charge in [-0.1, -0.05) is 24.3 Å². The second kappa shape index (κ2) is 15.9. The summed E-state index contributed by atoms with van der Waals surface area (Å²) in [7, 11) is 0. The van der Waals surface area contributed by atoms with Gasteiger partial charge in [0.15, 0.2) is 0 Å². The number of hydrogen-bond acceptors (Lipinski definition) is 8. The Balaban J connectivity index is 0.921. The molecule has 11 heteroatoms. The number of nitrogens with one attached hydrogen (secondary N) is 2. The topological polar surface area (TPSA) is 128 Å². The molecule has 59 heavy (non-hydrogen) atoms. The van der Waals surface area contributed by atoms with Gasteiger partial charge in [0.25, 0.3) is 0 Å². The second-order valence-electron chi connectivity index (χ2n) is 16.4. The number of nitriles is 1. The first-order valence-electron chi connectivity index (χ1n) is 21.2. The molecule has 0 amide bonds. The highest BCUT2D eigenvalue weighted by molar-refractivity contribution is 5.82. The van der Waals surface area contributed by atoms with Crippen LogP contribution in [0.4, 0.5) is 0 Å². The number of piperidine rings is 2. The normalized spacial score (nSPS) is 20.1. The van der Waals surface area contributed by atoms with E-state index in [1.54, 1.807) is 0 Å². The fourth-order valence-corrected chi connectivity index (χ4v) is 9.76. The smallest absolute Gasteiger partial charge is 0.137 e. The zero-order chi connectivity index (χ0) is 39.9. The van der Waals surface area contributed by atoms with Crippen molar-refractivity contribution in [3.8, 4) is 17.2 Å². The number of H-pyrrole nitrogens is 1. The number of aromatic nitrogens is 8. The Kier molecular flexibility index (Phi) is 9.96. The minimum absolute atomic E-state index is 0.0925. The fraction of sp³-hybridized carbons (Fsp3) is 0.333. The van der Waals surface area contributed by atoms with Crippen LogP contribution in [0.15, 0.2) is 104 Å². The summed E-state index contributed by atoms with van der Waals surface area (Å²) < 4.78 is 4.31. The van der Waals surface area contributed by atoms with Gasteiger partial charge in [-0.15, -0.1) is 0 Å². The van der Waals surface area contributed by atoms with Crippen LogP contribution in [0, 0.1) is 25.2 Å². The maximum atomic E-state index is 9.57. The predicted octanol–water partition coefficient (Wildman–Crippen LogP) is 9.46. The SMILES string of the molecule is Cc1cccnc1[C@@H]1CCC[C@H](c2nc3cc(-c4ccc5nc(CCN6[C@@H](c7cn8ccccc8n7)CCC[C@H]6c6ncccc6C)[nH]c5c4)ccn3c2CCC#N)N1. The van der Waals surface area contributed by atoms with Crippen molar-refractivity contribution in [1.29, 1.82) is 5.26 Å². The maximum absolute atomic E-state index is 9.57. The first kappa shape index (κ1) is 37.1. The van der Waals surface area contributed by atoms with Crippen molar-refractivity contribution in [3.63, 3.8) is 0 Å². The largest absolute Gasteiger partial charge is 0.342 e. The lowest BCUT2D eigenvalue weighted by molar-refractivity contribution is 0.0777. The Morgan fingerprint density at radius 2 is 1.51 bits per heavy atom. The highest BCUT2D eigenvalue weighted by Crippen LogP contribution is 2.42. The van der Waals surface area contributed by atoms with Crippen LogP contribution in [-0.2, 0) is 12.8 Å². The Bertz CT molecular complexity index is 2790. The summed E-state index contributed by atoms with van der Waals surface area (Å²) in [5, 5.41) is 13.5. The van der Waals surface area contributed by atoms with E-state index < -0.39 is 0 Å². The quantitative estimate of drug-likeness (QED) is 0.141. The molecule has 0 spiro atoms. The third-order valence-electron chi connectivity index (χ3n) is 12.6. The van der Waals surface area contributed by atoms with Gasteiger partial charge in [0.2, 0.25) is 0 Å². The Morgan fingerprint density at radius 3 is 2.32 bits per heavy atom. The van der Waals surface area contributed by atoms with Gasteiger partial charge in [-0.25, -0.2) is 15.0 Å². The third-order valence-corrected chi connectivity index (χ3v) is 12.6. The van der Waals surface area contributed by atoms with Crippen molar-refractivity contribution in [2.24, 2.45) is 0 Å². The van der Waals surface area contributed by atoms with E-state index in [0.717, 1.165) is 119 Å². The number of aromatic amines is 1. The van der Waals surface area contributed by atoms with Crippen molar-refractivity contribution in [2.75, 3.05) is 6.54 Å². The van der Waals surface area contributed by atoms with Gasteiger partial charge >= 0.3 is 0 Å². The summed E-state index contributed by atoms with van der Waals surface area (Å²) in [4.78, 5) is 31.4. The highest BCUT2D eigenvalue weighted by atomic mass is 15.2. The van der Waals surface area contributed by atoms with Gasteiger partial charge in [0.1, 0.15) is 17.1 Å². The van der Waals surface area contributed by atoms with Gasteiger partial charge in [-0.3, -0.25) is 14.9 Å². The summed E-state index contributed by atoms with van der Waals surface area (Å²) in [5.74, 6) is 0.975. The van der Waals surface area contributed by atoms with E-state index in [0.29, 0.717) is 12.8 Å². The van der Waals surface area contributed by atoms with Crippen LogP contribution in [0.2, 0.25) is 0 Å². The zero-order valence-electron chi connectivity index (χ0n) is 33.7. The number of hydrogen-bond donors (Lipinski definition) is 2. The van der Waals surface area contributed by atoms with E-state index in [1.807, 2.05) is 30.6 Å². The van der Waals surface area contributed by atoms with Gasteiger partial charge in [0.05, 0.1) is 64.0 Å². The molecule has 4 atom stereocenters. The van der Waals surface area contributed by atoms with E-state index in [-0.39, 0.29) is 24.2 Å². The molecule has 296 valence electrons. The minimum atomic E-state index is 0.0925. The van der Waals surface area contributed by atoms with Crippen molar-refractivity contribution >= 4 is 22.3 Å². The molecule has 2 aliphatic rings. The van der Waals surface area contributed by atoms with E-state index in [9.17, 15) is 5.26 Å². The van der Waals surface area contributed by atoms with Crippen LogP contribution in [0.25, 0.3) is 33.5 Å². The van der Waals surface area contributed by atoms with Gasteiger partial charge in [-0.2, -0.15) is 5.26 Å². The number of likely N-dealkylation sites (tertiary alicyclic amines) is 1. The van der Waals surface area contributed by atoms with Crippen LogP contribution in [0.5, 0.6) is 0 Å². The average Bonchev–Trinajstić information content (AvgIpc) is 4.00. The lowest BCUT2D eigenvalue weighted by Gasteiger charge is -2.41. The van der Waals surface area contributed by atoms with Crippen LogP contribution < -0.4 is 5.32 Å². The molecule has 11 nitrogen and oxygen atoms in total. The fourth-order valence-electron chi connectivity index (χ4n) is 9.76. The van der Waals surface area contributed by atoms with Gasteiger partial charge in [-0.05, 0) is 123 Å². The molecular weight excluding hydrogens is 731 g/mol. The monoisotopic (exact) mass is 779 g/mol. The molecule has 1 aromatic carbocycles. The molecule has 0 saturated carbocycles. The Hall–Kier alpha value is -6.22. The number of aryl methyl sites for hydroxylation is 3. The molecule has 2 saturated heterocycles. The molecular formula is C48H49N11.